The van der Waals surface area contributed by atoms with Crippen molar-refractivity contribution < 1.29 is 24.4 Å². The zero-order chi connectivity index (χ0) is 18.6. The van der Waals surface area contributed by atoms with E-state index in [2.05, 4.69) is 5.32 Å². The first kappa shape index (κ1) is 18.5. The van der Waals surface area contributed by atoms with Gasteiger partial charge in [0.15, 0.2) is 6.61 Å². The third-order valence-electron chi connectivity index (χ3n) is 2.95. The number of hydrogen-bond donors (Lipinski definition) is 2. The molecule has 130 valence electrons. The van der Waals surface area contributed by atoms with Gasteiger partial charge in [0, 0.05) is 17.2 Å². The minimum atomic E-state index is -0.936. The highest BCUT2D eigenvalue weighted by molar-refractivity contribution is 6.33. The number of nitro groups is 1. The van der Waals surface area contributed by atoms with Gasteiger partial charge in [0.25, 0.3) is 11.6 Å². The number of halogens is 2. The van der Waals surface area contributed by atoms with E-state index in [9.17, 15) is 24.8 Å². The maximum absolute atomic E-state index is 11.8. The van der Waals surface area contributed by atoms with E-state index < -0.39 is 23.4 Å². The molecule has 0 aliphatic heterocycles. The summed E-state index contributed by atoms with van der Waals surface area (Å²) in [5.41, 5.74) is -0.417. The predicted octanol–water partition coefficient (Wildman–Crippen LogP) is 3.40. The predicted molar refractivity (Wildman–Crippen MR) is 90.1 cm³/mol. The van der Waals surface area contributed by atoms with E-state index in [1.54, 1.807) is 0 Å². The van der Waals surface area contributed by atoms with Crippen molar-refractivity contribution in [1.82, 2.24) is 0 Å². The summed E-state index contributed by atoms with van der Waals surface area (Å²) in [6, 6.07) is 7.29. The molecule has 2 aromatic carbocycles. The second-order valence-corrected chi connectivity index (χ2v) is 5.55. The Bertz CT molecular complexity index is 856. The second-order valence-electron chi connectivity index (χ2n) is 4.71. The molecular formula is C15H10Cl2N2O6. The molecule has 0 unspecified atom stereocenters. The fourth-order valence-corrected chi connectivity index (χ4v) is 2.13. The zero-order valence-electron chi connectivity index (χ0n) is 12.4. The first-order chi connectivity index (χ1) is 11.8. The van der Waals surface area contributed by atoms with Crippen molar-refractivity contribution in [2.45, 2.75) is 0 Å². The van der Waals surface area contributed by atoms with E-state index in [1.807, 2.05) is 0 Å². The lowest BCUT2D eigenvalue weighted by molar-refractivity contribution is -0.384. The molecule has 1 amide bonds. The summed E-state index contributed by atoms with van der Waals surface area (Å²) in [6.07, 6.45) is 0. The molecule has 2 aromatic rings. The number of aromatic hydroxyl groups is 1. The van der Waals surface area contributed by atoms with E-state index in [-0.39, 0.29) is 32.7 Å². The van der Waals surface area contributed by atoms with Gasteiger partial charge in [0.1, 0.15) is 11.3 Å². The van der Waals surface area contributed by atoms with Crippen LogP contribution in [0.1, 0.15) is 10.4 Å². The van der Waals surface area contributed by atoms with Crippen LogP contribution in [0.3, 0.4) is 0 Å². The molecule has 0 aliphatic carbocycles. The van der Waals surface area contributed by atoms with Crippen LogP contribution in [0.15, 0.2) is 36.4 Å². The van der Waals surface area contributed by atoms with Gasteiger partial charge in [-0.3, -0.25) is 14.9 Å². The minimum absolute atomic E-state index is 0.00579. The number of carbonyl (C=O) groups excluding carboxylic acids is 2. The van der Waals surface area contributed by atoms with Gasteiger partial charge >= 0.3 is 5.97 Å². The third-order valence-corrected chi connectivity index (χ3v) is 3.51. The molecule has 10 heteroatoms. The number of phenols is 1. The van der Waals surface area contributed by atoms with Crippen LogP contribution in [0.2, 0.25) is 10.0 Å². The smallest absolute Gasteiger partial charge is 0.342 e. The van der Waals surface area contributed by atoms with Crippen LogP contribution in [-0.4, -0.2) is 28.5 Å². The zero-order valence-corrected chi connectivity index (χ0v) is 13.9. The molecule has 0 atom stereocenters. The summed E-state index contributed by atoms with van der Waals surface area (Å²) in [6.45, 7) is -0.681. The number of rotatable bonds is 5. The maximum atomic E-state index is 11.8. The Kier molecular flexibility index (Phi) is 5.79. The highest BCUT2D eigenvalue weighted by Gasteiger charge is 2.16. The van der Waals surface area contributed by atoms with E-state index in [4.69, 9.17) is 27.9 Å². The highest BCUT2D eigenvalue weighted by Crippen LogP contribution is 2.27. The molecule has 8 nitrogen and oxygen atoms in total. The van der Waals surface area contributed by atoms with Gasteiger partial charge in [-0.05, 0) is 24.3 Å². The Labute approximate surface area is 151 Å². The normalized spacial score (nSPS) is 10.2. The van der Waals surface area contributed by atoms with E-state index in [1.165, 1.54) is 24.3 Å². The van der Waals surface area contributed by atoms with Crippen molar-refractivity contribution in [1.29, 1.82) is 0 Å². The van der Waals surface area contributed by atoms with Gasteiger partial charge in [-0.1, -0.05) is 23.2 Å². The number of anilines is 1. The highest BCUT2D eigenvalue weighted by atomic mass is 35.5. The SMILES string of the molecule is O=C(COC(=O)c1ccc(Cl)cc1O)Nc1cc([N+](=O)[O-])ccc1Cl. The first-order valence-corrected chi connectivity index (χ1v) is 7.43. The molecule has 0 aliphatic rings. The standard InChI is InChI=1S/C15H10Cl2N2O6/c16-8-1-3-10(13(20)5-8)15(22)25-7-14(21)18-12-6-9(19(23)24)2-4-11(12)17/h1-6,20H,7H2,(H,18,21). The number of ether oxygens (including phenoxy) is 1. The number of esters is 1. The molecule has 25 heavy (non-hydrogen) atoms. The molecule has 2 N–H and O–H groups in total. The second kappa shape index (κ2) is 7.82. The van der Waals surface area contributed by atoms with Crippen LogP contribution in [0.25, 0.3) is 0 Å². The van der Waals surface area contributed by atoms with Crippen LogP contribution < -0.4 is 5.32 Å². The molecule has 0 heterocycles. The Hall–Kier alpha value is -2.84. The molecule has 0 saturated carbocycles. The van der Waals surface area contributed by atoms with Gasteiger partial charge in [-0.2, -0.15) is 0 Å². The largest absolute Gasteiger partial charge is 0.507 e. The Morgan fingerprint density at radius 2 is 1.92 bits per heavy atom. The minimum Gasteiger partial charge on any atom is -0.507 e. The number of nitrogens with one attached hydrogen (secondary N) is 1. The topological polar surface area (TPSA) is 119 Å². The number of nitrogens with zero attached hydrogens (tertiary/aromatic N) is 1. The quantitative estimate of drug-likeness (QED) is 0.463. The fourth-order valence-electron chi connectivity index (χ4n) is 1.80. The molecule has 0 saturated heterocycles. The van der Waals surface area contributed by atoms with Gasteiger partial charge in [-0.15, -0.1) is 0 Å². The number of amides is 1. The number of hydrogen-bond acceptors (Lipinski definition) is 6. The van der Waals surface area contributed by atoms with Gasteiger partial charge in [0.2, 0.25) is 0 Å². The van der Waals surface area contributed by atoms with E-state index in [0.29, 0.717) is 0 Å². The summed E-state index contributed by atoms with van der Waals surface area (Å²) in [5.74, 6) is -2.08. The molecule has 0 aromatic heterocycles. The number of carbonyl (C=O) groups is 2. The first-order valence-electron chi connectivity index (χ1n) is 6.67. The van der Waals surface area contributed by atoms with Gasteiger partial charge < -0.3 is 15.2 Å². The van der Waals surface area contributed by atoms with Crippen molar-refractivity contribution >= 4 is 46.5 Å². The number of phenolic OH excluding ortho intramolecular Hbond substituents is 1. The van der Waals surface area contributed by atoms with Crippen molar-refractivity contribution in [2.24, 2.45) is 0 Å². The average molecular weight is 385 g/mol. The third kappa shape index (κ3) is 4.82. The summed E-state index contributed by atoms with van der Waals surface area (Å²) in [7, 11) is 0. The van der Waals surface area contributed by atoms with Gasteiger partial charge in [0.05, 0.1) is 15.6 Å². The van der Waals surface area contributed by atoms with Crippen LogP contribution in [-0.2, 0) is 9.53 Å². The molecule has 0 fully saturated rings. The van der Waals surface area contributed by atoms with Crippen LogP contribution in [0.4, 0.5) is 11.4 Å². The summed E-state index contributed by atoms with van der Waals surface area (Å²) >= 11 is 11.5. The van der Waals surface area contributed by atoms with Crippen molar-refractivity contribution in [3.63, 3.8) is 0 Å². The molecule has 0 spiro atoms. The van der Waals surface area contributed by atoms with E-state index in [0.717, 1.165) is 12.1 Å². The monoisotopic (exact) mass is 384 g/mol. The average Bonchev–Trinajstić information content (AvgIpc) is 2.54. The number of benzene rings is 2. The lowest BCUT2D eigenvalue weighted by Crippen LogP contribution is -2.21. The number of nitro benzene ring substituents is 1. The van der Waals surface area contributed by atoms with Crippen molar-refractivity contribution in [2.75, 3.05) is 11.9 Å². The Morgan fingerprint density at radius 1 is 1.20 bits per heavy atom. The number of non-ortho nitro benzene ring substituents is 1. The van der Waals surface area contributed by atoms with Crippen LogP contribution in [0, 0.1) is 10.1 Å². The Balaban J connectivity index is 2.00. The lowest BCUT2D eigenvalue weighted by Gasteiger charge is -2.09. The van der Waals surface area contributed by atoms with Gasteiger partial charge in [-0.25, -0.2) is 4.79 Å². The summed E-state index contributed by atoms with van der Waals surface area (Å²) in [5, 5.41) is 23.0. The van der Waals surface area contributed by atoms with Crippen molar-refractivity contribution in [3.05, 3.63) is 62.1 Å². The molecule has 0 radical (unpaired) electrons. The van der Waals surface area contributed by atoms with Crippen molar-refractivity contribution in [3.8, 4) is 5.75 Å². The maximum Gasteiger partial charge on any atom is 0.342 e. The lowest BCUT2D eigenvalue weighted by atomic mass is 10.2. The fraction of sp³-hybridized carbons (Fsp3) is 0.0667. The molecule has 0 bridgehead atoms. The molecule has 2 rings (SSSR count). The van der Waals surface area contributed by atoms with Crippen LogP contribution in [0.5, 0.6) is 5.75 Å². The Morgan fingerprint density at radius 3 is 2.56 bits per heavy atom. The van der Waals surface area contributed by atoms with Crippen LogP contribution >= 0.6 is 23.2 Å². The molecular weight excluding hydrogens is 375 g/mol. The van der Waals surface area contributed by atoms with E-state index >= 15 is 0 Å². The summed E-state index contributed by atoms with van der Waals surface area (Å²) in [4.78, 5) is 33.7. The summed E-state index contributed by atoms with van der Waals surface area (Å²) < 4.78 is 4.77.